The Bertz CT molecular complexity index is 605. The molecule has 0 atom stereocenters. The second-order valence-electron chi connectivity index (χ2n) is 5.83. The van der Waals surface area contributed by atoms with Crippen LogP contribution in [0.25, 0.3) is 5.69 Å². The Balaban J connectivity index is 1.49. The molecular weight excluding hydrogens is 294 g/mol. The number of thioether (sulfide) groups is 1. The van der Waals surface area contributed by atoms with E-state index in [1.165, 1.54) is 12.8 Å². The maximum atomic E-state index is 12.1. The van der Waals surface area contributed by atoms with Gasteiger partial charge in [-0.05, 0) is 48.3 Å². The van der Waals surface area contributed by atoms with Crippen LogP contribution < -0.4 is 0 Å². The zero-order chi connectivity index (χ0) is 15.4. The van der Waals surface area contributed by atoms with Gasteiger partial charge < -0.3 is 4.90 Å². The van der Waals surface area contributed by atoms with Crippen molar-refractivity contribution in [3.8, 4) is 5.69 Å². The molecule has 4 nitrogen and oxygen atoms in total. The highest BCUT2D eigenvalue weighted by molar-refractivity contribution is 7.99. The summed E-state index contributed by atoms with van der Waals surface area (Å²) in [5, 5.41) is 4.21. The smallest absolute Gasteiger partial charge is 0.232 e. The summed E-state index contributed by atoms with van der Waals surface area (Å²) in [5.41, 5.74) is 2.17. The fraction of sp³-hybridized carbons (Fsp3) is 0.412. The predicted molar refractivity (Wildman–Crippen MR) is 90.1 cm³/mol. The van der Waals surface area contributed by atoms with Crippen molar-refractivity contribution < 1.29 is 4.79 Å². The maximum absolute atomic E-state index is 12.1. The van der Waals surface area contributed by atoms with Gasteiger partial charge in [0, 0.05) is 26.0 Å². The van der Waals surface area contributed by atoms with Gasteiger partial charge in [0.1, 0.15) is 0 Å². The van der Waals surface area contributed by atoms with Crippen LogP contribution in [0.15, 0.2) is 42.7 Å². The molecule has 0 unspecified atom stereocenters. The second kappa shape index (κ2) is 7.01. The Kier molecular flexibility index (Phi) is 4.83. The van der Waals surface area contributed by atoms with Crippen LogP contribution in [0.3, 0.4) is 0 Å². The van der Waals surface area contributed by atoms with Crippen molar-refractivity contribution in [2.45, 2.75) is 19.4 Å². The molecule has 1 heterocycles. The lowest BCUT2D eigenvalue weighted by molar-refractivity contribution is -0.127. The van der Waals surface area contributed by atoms with Crippen LogP contribution in [-0.2, 0) is 11.3 Å². The molecule has 0 aliphatic heterocycles. The molecule has 1 aromatic carbocycles. The first-order chi connectivity index (χ1) is 10.7. The highest BCUT2D eigenvalue weighted by Gasteiger charge is 2.21. The molecule has 0 bridgehead atoms. The minimum absolute atomic E-state index is 0.210. The maximum Gasteiger partial charge on any atom is 0.232 e. The van der Waals surface area contributed by atoms with E-state index in [-0.39, 0.29) is 5.91 Å². The van der Waals surface area contributed by atoms with Crippen molar-refractivity contribution in [3.63, 3.8) is 0 Å². The first-order valence-electron chi connectivity index (χ1n) is 7.63. The van der Waals surface area contributed by atoms with Crippen molar-refractivity contribution in [2.75, 3.05) is 18.6 Å². The molecule has 0 spiro atoms. The molecule has 2 aromatic rings. The Morgan fingerprint density at radius 3 is 2.77 bits per heavy atom. The van der Waals surface area contributed by atoms with Crippen molar-refractivity contribution in [1.82, 2.24) is 14.7 Å². The van der Waals surface area contributed by atoms with Gasteiger partial charge in [0.05, 0.1) is 11.4 Å². The number of amides is 1. The van der Waals surface area contributed by atoms with Gasteiger partial charge in [0.2, 0.25) is 5.91 Å². The van der Waals surface area contributed by atoms with Crippen LogP contribution >= 0.6 is 11.8 Å². The van der Waals surface area contributed by atoms with Crippen LogP contribution in [0.1, 0.15) is 18.4 Å². The minimum atomic E-state index is 0.210. The summed E-state index contributed by atoms with van der Waals surface area (Å²) in [5.74, 6) is 2.82. The lowest BCUT2D eigenvalue weighted by Crippen LogP contribution is -2.28. The fourth-order valence-electron chi connectivity index (χ4n) is 2.25. The molecule has 3 rings (SSSR count). The van der Waals surface area contributed by atoms with Gasteiger partial charge in [-0.3, -0.25) is 4.79 Å². The zero-order valence-electron chi connectivity index (χ0n) is 12.8. The van der Waals surface area contributed by atoms with Crippen molar-refractivity contribution in [1.29, 1.82) is 0 Å². The van der Waals surface area contributed by atoms with E-state index >= 15 is 0 Å². The number of carbonyl (C=O) groups excluding carboxylic acids is 1. The second-order valence-corrected chi connectivity index (χ2v) is 6.86. The summed E-state index contributed by atoms with van der Waals surface area (Å²) in [7, 11) is 1.88. The van der Waals surface area contributed by atoms with Gasteiger partial charge >= 0.3 is 0 Å². The summed E-state index contributed by atoms with van der Waals surface area (Å²) in [4.78, 5) is 13.9. The largest absolute Gasteiger partial charge is 0.341 e. The summed E-state index contributed by atoms with van der Waals surface area (Å²) in [6.07, 6.45) is 6.38. The zero-order valence-corrected chi connectivity index (χ0v) is 13.6. The predicted octanol–water partition coefficient (Wildman–Crippen LogP) is 2.97. The molecule has 1 fully saturated rings. The van der Waals surface area contributed by atoms with E-state index < -0.39 is 0 Å². The van der Waals surface area contributed by atoms with Crippen LogP contribution in [-0.4, -0.2) is 39.1 Å². The minimum Gasteiger partial charge on any atom is -0.341 e. The number of aromatic nitrogens is 2. The molecule has 116 valence electrons. The van der Waals surface area contributed by atoms with Gasteiger partial charge in [0.15, 0.2) is 0 Å². The Morgan fingerprint density at radius 2 is 2.14 bits per heavy atom. The number of nitrogens with zero attached hydrogens (tertiary/aromatic N) is 3. The average molecular weight is 315 g/mol. The quantitative estimate of drug-likeness (QED) is 0.788. The Morgan fingerprint density at radius 1 is 1.36 bits per heavy atom. The van der Waals surface area contributed by atoms with Crippen LogP contribution in [0, 0.1) is 5.92 Å². The van der Waals surface area contributed by atoms with Crippen LogP contribution in [0.4, 0.5) is 0 Å². The average Bonchev–Trinajstić information content (AvgIpc) is 3.19. The van der Waals surface area contributed by atoms with Gasteiger partial charge in [-0.2, -0.15) is 16.9 Å². The number of rotatable bonds is 7. The van der Waals surface area contributed by atoms with E-state index in [0.717, 1.165) is 22.9 Å². The third kappa shape index (κ3) is 4.13. The molecule has 22 heavy (non-hydrogen) atoms. The highest BCUT2D eigenvalue weighted by Crippen LogP contribution is 2.32. The molecule has 0 radical (unpaired) electrons. The van der Waals surface area contributed by atoms with E-state index in [4.69, 9.17) is 0 Å². The van der Waals surface area contributed by atoms with Crippen molar-refractivity contribution >= 4 is 17.7 Å². The third-order valence-corrected chi connectivity index (χ3v) is 4.98. The van der Waals surface area contributed by atoms with Crippen LogP contribution in [0.2, 0.25) is 0 Å². The van der Waals surface area contributed by atoms with E-state index in [0.29, 0.717) is 12.3 Å². The number of benzene rings is 1. The third-order valence-electron chi connectivity index (χ3n) is 3.83. The standard InChI is InChI=1S/C17H21N3OS/c1-19(17(21)13-22-12-15-3-4-15)11-14-5-7-16(8-6-14)20-10-2-9-18-20/h2,5-10,15H,3-4,11-13H2,1H3. The van der Waals surface area contributed by atoms with Gasteiger partial charge in [0.25, 0.3) is 0 Å². The lowest BCUT2D eigenvalue weighted by Gasteiger charge is -2.17. The summed E-state index contributed by atoms with van der Waals surface area (Å²) < 4.78 is 1.83. The molecule has 5 heteroatoms. The van der Waals surface area contributed by atoms with E-state index in [9.17, 15) is 4.79 Å². The molecule has 1 saturated carbocycles. The van der Waals surface area contributed by atoms with Gasteiger partial charge in [-0.25, -0.2) is 4.68 Å². The number of hydrogen-bond donors (Lipinski definition) is 0. The molecule has 1 aromatic heterocycles. The van der Waals surface area contributed by atoms with E-state index in [1.54, 1.807) is 18.0 Å². The molecule has 0 saturated heterocycles. The Hall–Kier alpha value is -1.75. The SMILES string of the molecule is CN(Cc1ccc(-n2cccn2)cc1)C(=O)CSCC1CC1. The highest BCUT2D eigenvalue weighted by atomic mass is 32.2. The fourth-order valence-corrected chi connectivity index (χ4v) is 3.42. The molecule has 1 aliphatic carbocycles. The number of hydrogen-bond acceptors (Lipinski definition) is 3. The molecule has 1 amide bonds. The summed E-state index contributed by atoms with van der Waals surface area (Å²) in [6, 6.07) is 10.1. The normalized spacial score (nSPS) is 14.0. The Labute approximate surface area is 135 Å². The monoisotopic (exact) mass is 315 g/mol. The van der Waals surface area contributed by atoms with Crippen molar-refractivity contribution in [3.05, 3.63) is 48.3 Å². The van der Waals surface area contributed by atoms with Gasteiger partial charge in [-0.15, -0.1) is 0 Å². The summed E-state index contributed by atoms with van der Waals surface area (Å²) in [6.45, 7) is 0.655. The topological polar surface area (TPSA) is 38.1 Å². The first kappa shape index (κ1) is 15.2. The van der Waals surface area contributed by atoms with E-state index in [2.05, 4.69) is 17.2 Å². The molecular formula is C17H21N3OS. The molecule has 0 N–H and O–H groups in total. The first-order valence-corrected chi connectivity index (χ1v) is 8.78. The number of carbonyl (C=O) groups is 1. The van der Waals surface area contributed by atoms with E-state index in [1.807, 2.05) is 41.0 Å². The summed E-state index contributed by atoms with van der Waals surface area (Å²) >= 11 is 1.77. The van der Waals surface area contributed by atoms with Gasteiger partial charge in [-0.1, -0.05) is 12.1 Å². The van der Waals surface area contributed by atoms with Crippen molar-refractivity contribution in [2.24, 2.45) is 5.92 Å². The van der Waals surface area contributed by atoms with Crippen LogP contribution in [0.5, 0.6) is 0 Å². The lowest BCUT2D eigenvalue weighted by atomic mass is 10.2. The molecule has 1 aliphatic rings.